The quantitative estimate of drug-likeness (QED) is 0.884. The van der Waals surface area contributed by atoms with Crippen molar-refractivity contribution >= 4 is 22.5 Å². The number of carbonyl (C=O) groups is 1. The Bertz CT molecular complexity index is 686. The number of nitrogens with one attached hydrogen (secondary N) is 1. The Morgan fingerprint density at radius 1 is 1.48 bits per heavy atom. The minimum atomic E-state index is -0.197. The molecule has 1 aromatic carbocycles. The highest BCUT2D eigenvalue weighted by Gasteiger charge is 2.30. The second-order valence-corrected chi connectivity index (χ2v) is 6.70. The molecule has 2 aromatic rings. The molecule has 2 N–H and O–H groups in total. The fourth-order valence-electron chi connectivity index (χ4n) is 3.06. The number of aromatic nitrogens is 1. The average Bonchev–Trinajstić information content (AvgIpc) is 3.19. The molecule has 0 spiro atoms. The van der Waals surface area contributed by atoms with Gasteiger partial charge >= 0.3 is 6.03 Å². The molecular weight excluding hydrogens is 310 g/mol. The maximum Gasteiger partial charge on any atom is 0.324 e. The van der Waals surface area contributed by atoms with Crippen molar-refractivity contribution in [3.63, 3.8) is 0 Å². The zero-order valence-corrected chi connectivity index (χ0v) is 14.0. The van der Waals surface area contributed by atoms with Crippen LogP contribution >= 0.6 is 11.3 Å². The van der Waals surface area contributed by atoms with Crippen molar-refractivity contribution in [1.82, 2.24) is 9.88 Å². The van der Waals surface area contributed by atoms with Gasteiger partial charge in [0.15, 0.2) is 5.13 Å². The minimum absolute atomic E-state index is 0.0176. The summed E-state index contributed by atoms with van der Waals surface area (Å²) >= 11 is 1.49. The summed E-state index contributed by atoms with van der Waals surface area (Å²) in [6.45, 7) is 2.33. The number of urea groups is 1. The summed E-state index contributed by atoms with van der Waals surface area (Å²) in [5, 5.41) is 12.9. The molecule has 0 bridgehead atoms. The largest absolute Gasteiger partial charge is 0.395 e. The van der Waals surface area contributed by atoms with Crippen LogP contribution in [-0.2, 0) is 12.8 Å². The Morgan fingerprint density at radius 2 is 2.30 bits per heavy atom. The number of aliphatic hydroxyl groups excluding tert-OH is 1. The molecule has 6 heteroatoms. The van der Waals surface area contributed by atoms with E-state index in [0.29, 0.717) is 11.7 Å². The second-order valence-electron chi connectivity index (χ2n) is 5.59. The Labute approximate surface area is 140 Å². The van der Waals surface area contributed by atoms with Gasteiger partial charge in [0.25, 0.3) is 0 Å². The van der Waals surface area contributed by atoms with Gasteiger partial charge in [-0.3, -0.25) is 5.32 Å². The van der Waals surface area contributed by atoms with E-state index < -0.39 is 0 Å². The van der Waals surface area contributed by atoms with E-state index in [9.17, 15) is 9.90 Å². The van der Waals surface area contributed by atoms with Gasteiger partial charge in [-0.1, -0.05) is 31.2 Å². The van der Waals surface area contributed by atoms with E-state index in [0.717, 1.165) is 24.1 Å². The first kappa shape index (κ1) is 16.0. The van der Waals surface area contributed by atoms with E-state index in [1.807, 2.05) is 12.1 Å². The third kappa shape index (κ3) is 3.38. The molecule has 122 valence electrons. The number of amides is 2. The molecule has 3 rings (SSSR count). The summed E-state index contributed by atoms with van der Waals surface area (Å²) in [4.78, 5) is 19.8. The fraction of sp³-hybridized carbons (Fsp3) is 0.412. The zero-order chi connectivity index (χ0) is 16.2. The average molecular weight is 331 g/mol. The molecule has 0 saturated heterocycles. The van der Waals surface area contributed by atoms with Crippen LogP contribution in [0.2, 0.25) is 0 Å². The van der Waals surface area contributed by atoms with Crippen molar-refractivity contribution in [1.29, 1.82) is 0 Å². The van der Waals surface area contributed by atoms with Gasteiger partial charge in [0.2, 0.25) is 0 Å². The molecule has 1 heterocycles. The molecule has 1 atom stereocenters. The van der Waals surface area contributed by atoms with Crippen LogP contribution < -0.4 is 5.32 Å². The number of rotatable bonds is 5. The highest BCUT2D eigenvalue weighted by atomic mass is 32.1. The number of benzene rings is 1. The first-order chi connectivity index (χ1) is 11.2. The third-order valence-corrected chi connectivity index (χ3v) is 5.25. The number of fused-ring (bicyclic) bond motifs is 1. The topological polar surface area (TPSA) is 65.5 Å². The molecule has 5 nitrogen and oxygen atoms in total. The van der Waals surface area contributed by atoms with Crippen LogP contribution in [-0.4, -0.2) is 34.2 Å². The minimum Gasteiger partial charge on any atom is -0.395 e. The number of hydrogen-bond acceptors (Lipinski definition) is 4. The number of hydrogen-bond donors (Lipinski definition) is 2. The Kier molecular flexibility index (Phi) is 4.93. The number of aliphatic hydroxyl groups is 1. The summed E-state index contributed by atoms with van der Waals surface area (Å²) in [6.07, 6.45) is 4.56. The van der Waals surface area contributed by atoms with Crippen molar-refractivity contribution in [2.24, 2.45) is 0 Å². The van der Waals surface area contributed by atoms with Crippen LogP contribution in [0.4, 0.5) is 9.93 Å². The summed E-state index contributed by atoms with van der Waals surface area (Å²) < 4.78 is 0. The van der Waals surface area contributed by atoms with Gasteiger partial charge in [-0.15, -0.1) is 11.3 Å². The first-order valence-electron chi connectivity index (χ1n) is 7.94. The number of nitrogens with zero attached hydrogens (tertiary/aromatic N) is 2. The molecule has 0 unspecified atom stereocenters. The van der Waals surface area contributed by atoms with Gasteiger partial charge in [0.05, 0.1) is 12.6 Å². The second kappa shape index (κ2) is 7.10. The lowest BCUT2D eigenvalue weighted by molar-refractivity contribution is 0.162. The highest BCUT2D eigenvalue weighted by molar-refractivity contribution is 7.15. The van der Waals surface area contributed by atoms with Gasteiger partial charge < -0.3 is 10.0 Å². The van der Waals surface area contributed by atoms with Gasteiger partial charge in [0.1, 0.15) is 0 Å². The van der Waals surface area contributed by atoms with E-state index in [2.05, 4.69) is 29.4 Å². The maximum absolute atomic E-state index is 12.7. The van der Waals surface area contributed by atoms with Crippen LogP contribution in [0.1, 0.15) is 35.4 Å². The molecule has 23 heavy (non-hydrogen) atoms. The van der Waals surface area contributed by atoms with Crippen molar-refractivity contribution in [3.8, 4) is 0 Å². The van der Waals surface area contributed by atoms with Gasteiger partial charge in [-0.05, 0) is 30.4 Å². The molecule has 1 aliphatic carbocycles. The van der Waals surface area contributed by atoms with E-state index >= 15 is 0 Å². The van der Waals surface area contributed by atoms with E-state index in [1.54, 1.807) is 11.1 Å². The molecule has 1 aromatic heterocycles. The van der Waals surface area contributed by atoms with E-state index in [1.165, 1.54) is 22.5 Å². The SMILES string of the molecule is CCc1cnc(NC(=O)N(CCO)[C@H]2CCc3ccccc32)s1. The number of aryl methyl sites for hydroxylation is 2. The molecule has 0 aliphatic heterocycles. The lowest BCUT2D eigenvalue weighted by Gasteiger charge is -2.29. The highest BCUT2D eigenvalue weighted by Crippen LogP contribution is 2.35. The lowest BCUT2D eigenvalue weighted by atomic mass is 10.1. The van der Waals surface area contributed by atoms with Crippen LogP contribution in [0.3, 0.4) is 0 Å². The van der Waals surface area contributed by atoms with Gasteiger partial charge in [-0.25, -0.2) is 9.78 Å². The van der Waals surface area contributed by atoms with Crippen molar-refractivity contribution in [2.75, 3.05) is 18.5 Å². The molecular formula is C17H21N3O2S. The predicted molar refractivity (Wildman–Crippen MR) is 91.8 cm³/mol. The van der Waals surface area contributed by atoms with Gasteiger partial charge in [-0.2, -0.15) is 0 Å². The molecule has 2 amide bonds. The number of carbonyl (C=O) groups excluding carboxylic acids is 1. The van der Waals surface area contributed by atoms with Crippen molar-refractivity contribution < 1.29 is 9.90 Å². The van der Waals surface area contributed by atoms with Crippen molar-refractivity contribution in [2.45, 2.75) is 32.2 Å². The summed E-state index contributed by atoms with van der Waals surface area (Å²) in [5.41, 5.74) is 2.47. The summed E-state index contributed by atoms with van der Waals surface area (Å²) in [5.74, 6) is 0. The molecule has 0 radical (unpaired) electrons. The van der Waals surface area contributed by atoms with Gasteiger partial charge in [0, 0.05) is 17.6 Å². The normalized spacial score (nSPS) is 16.2. The third-order valence-electron chi connectivity index (χ3n) is 4.20. The Balaban J connectivity index is 1.77. The standard InChI is InChI=1S/C17H21N3O2S/c1-2-13-11-18-16(23-13)19-17(22)20(9-10-21)15-8-7-12-5-3-4-6-14(12)15/h3-6,11,15,21H,2,7-10H2,1H3,(H,18,19,22)/t15-/m0/s1. The maximum atomic E-state index is 12.7. The number of anilines is 1. The predicted octanol–water partition coefficient (Wildman–Crippen LogP) is 3.22. The van der Waals surface area contributed by atoms with E-state index in [4.69, 9.17) is 0 Å². The van der Waals surface area contributed by atoms with Crippen LogP contribution in [0.5, 0.6) is 0 Å². The Morgan fingerprint density at radius 3 is 3.04 bits per heavy atom. The molecule has 1 aliphatic rings. The lowest BCUT2D eigenvalue weighted by Crippen LogP contribution is -2.39. The smallest absolute Gasteiger partial charge is 0.324 e. The monoisotopic (exact) mass is 331 g/mol. The van der Waals surface area contributed by atoms with E-state index in [-0.39, 0.29) is 18.7 Å². The Hall–Kier alpha value is -1.92. The summed E-state index contributed by atoms with van der Waals surface area (Å²) in [6, 6.07) is 8.03. The fourth-order valence-corrected chi connectivity index (χ4v) is 3.80. The van der Waals surface area contributed by atoms with Crippen LogP contribution in [0.25, 0.3) is 0 Å². The number of thiazole rings is 1. The first-order valence-corrected chi connectivity index (χ1v) is 8.75. The van der Waals surface area contributed by atoms with Crippen LogP contribution in [0.15, 0.2) is 30.5 Å². The summed E-state index contributed by atoms with van der Waals surface area (Å²) in [7, 11) is 0. The van der Waals surface area contributed by atoms with Crippen LogP contribution in [0, 0.1) is 0 Å². The molecule has 0 fully saturated rings. The van der Waals surface area contributed by atoms with Crippen molar-refractivity contribution in [3.05, 3.63) is 46.5 Å². The zero-order valence-electron chi connectivity index (χ0n) is 13.2. The molecule has 0 saturated carbocycles.